The molecule has 0 aromatic rings. The Morgan fingerprint density at radius 2 is 1.43 bits per heavy atom. The highest BCUT2D eigenvalue weighted by Gasteiger charge is 2.43. The largest absolute Gasteiger partial charge is 0.248 e. The molecule has 0 atom stereocenters. The number of alkyl halides is 2. The fraction of sp³-hybridized carbons (Fsp3) is 1.00. The summed E-state index contributed by atoms with van der Waals surface area (Å²) < 4.78 is 22.3. The lowest BCUT2D eigenvalue weighted by atomic mass is 10.8. The molecule has 0 N–H and O–H groups in total. The van der Waals surface area contributed by atoms with Crippen LogP contribution in [0.5, 0.6) is 0 Å². The van der Waals surface area contributed by atoms with Crippen molar-refractivity contribution in [2.24, 2.45) is 0 Å². The predicted octanol–water partition coefficient (Wildman–Crippen LogP) is 1.96. The number of halogens is 2. The second kappa shape index (κ2) is 2.50. The van der Waals surface area contributed by atoms with Gasteiger partial charge in [-0.05, 0) is 6.26 Å². The maximum absolute atomic E-state index is 11.1. The third kappa shape index (κ3) is 4.05. The van der Waals surface area contributed by atoms with Gasteiger partial charge in [0.15, 0.2) is 0 Å². The Labute approximate surface area is 47.3 Å². The molecule has 1 saturated carbocycles. The molecule has 1 aliphatic rings. The second-order valence-electron chi connectivity index (χ2n) is 1.36. The number of thiol groups is 1. The van der Waals surface area contributed by atoms with Crippen molar-refractivity contribution in [1.29, 1.82) is 0 Å². The third-order valence-corrected chi connectivity index (χ3v) is 0.628. The fourth-order valence-electron chi connectivity index (χ4n) is 0.0945. The lowest BCUT2D eigenvalue weighted by Gasteiger charge is -1.76. The molecule has 7 heavy (non-hydrogen) atoms. The summed E-state index contributed by atoms with van der Waals surface area (Å²) >= 11 is 3.53. The van der Waals surface area contributed by atoms with E-state index in [0.29, 0.717) is 0 Å². The molecule has 1 rings (SSSR count). The van der Waals surface area contributed by atoms with Gasteiger partial charge in [0.25, 0.3) is 0 Å². The highest BCUT2D eigenvalue weighted by atomic mass is 32.1. The van der Waals surface area contributed by atoms with E-state index in [9.17, 15) is 8.78 Å². The van der Waals surface area contributed by atoms with Crippen LogP contribution in [0.25, 0.3) is 0 Å². The maximum Gasteiger partial charge on any atom is 0.248 e. The summed E-state index contributed by atoms with van der Waals surface area (Å²) in [6.07, 6.45) is 1.93. The van der Waals surface area contributed by atoms with E-state index in [1.807, 2.05) is 0 Å². The zero-order chi connectivity index (χ0) is 5.91. The van der Waals surface area contributed by atoms with Crippen LogP contribution in [0.4, 0.5) is 8.78 Å². The molecule has 1 fully saturated rings. The van der Waals surface area contributed by atoms with Crippen LogP contribution in [0.3, 0.4) is 0 Å². The van der Waals surface area contributed by atoms with Crippen molar-refractivity contribution in [3.05, 3.63) is 0 Å². The van der Waals surface area contributed by atoms with Crippen molar-refractivity contribution >= 4 is 12.6 Å². The SMILES string of the molecule is CS.FC1(F)CC1. The molecule has 0 radical (unpaired) electrons. The molecular formula is C4H8F2S. The van der Waals surface area contributed by atoms with Crippen LogP contribution in [0.1, 0.15) is 12.8 Å². The van der Waals surface area contributed by atoms with Crippen LogP contribution in [-0.2, 0) is 0 Å². The van der Waals surface area contributed by atoms with Gasteiger partial charge in [-0.3, -0.25) is 0 Å². The van der Waals surface area contributed by atoms with E-state index >= 15 is 0 Å². The van der Waals surface area contributed by atoms with Crippen molar-refractivity contribution in [2.45, 2.75) is 18.8 Å². The number of rotatable bonds is 0. The summed E-state index contributed by atoms with van der Waals surface area (Å²) in [6.45, 7) is 0. The van der Waals surface area contributed by atoms with Gasteiger partial charge in [-0.1, -0.05) is 0 Å². The van der Waals surface area contributed by atoms with Gasteiger partial charge in [0.1, 0.15) is 0 Å². The normalized spacial score (nSPS) is 22.3. The smallest absolute Gasteiger partial charge is 0.207 e. The van der Waals surface area contributed by atoms with Crippen LogP contribution >= 0.6 is 12.6 Å². The van der Waals surface area contributed by atoms with Gasteiger partial charge < -0.3 is 0 Å². The average Bonchev–Trinajstić information content (AvgIpc) is 2.26. The number of hydrogen-bond donors (Lipinski definition) is 1. The lowest BCUT2D eigenvalue weighted by molar-refractivity contribution is 0.120. The first-order valence-corrected chi connectivity index (χ1v) is 2.93. The Balaban J connectivity index is 0.000000162. The summed E-state index contributed by atoms with van der Waals surface area (Å²) in [5.74, 6) is -2.25. The second-order valence-corrected chi connectivity index (χ2v) is 1.36. The first-order chi connectivity index (χ1) is 3.21. The van der Waals surface area contributed by atoms with Gasteiger partial charge in [0.05, 0.1) is 0 Å². The van der Waals surface area contributed by atoms with E-state index in [2.05, 4.69) is 12.6 Å². The first kappa shape index (κ1) is 7.21. The van der Waals surface area contributed by atoms with Gasteiger partial charge in [-0.2, -0.15) is 12.6 Å². The van der Waals surface area contributed by atoms with Gasteiger partial charge in [-0.15, -0.1) is 0 Å². The summed E-state index contributed by atoms with van der Waals surface area (Å²) in [5, 5.41) is 0. The summed E-state index contributed by atoms with van der Waals surface area (Å²) in [7, 11) is 0. The fourth-order valence-corrected chi connectivity index (χ4v) is 0.0945. The minimum Gasteiger partial charge on any atom is -0.207 e. The Bertz CT molecular complexity index is 47.7. The van der Waals surface area contributed by atoms with Gasteiger partial charge in [0.2, 0.25) is 5.92 Å². The molecule has 0 bridgehead atoms. The maximum atomic E-state index is 11.1. The van der Waals surface area contributed by atoms with Crippen molar-refractivity contribution < 1.29 is 8.78 Å². The van der Waals surface area contributed by atoms with Gasteiger partial charge in [-0.25, -0.2) is 8.78 Å². The zero-order valence-electron chi connectivity index (χ0n) is 4.12. The molecule has 0 heterocycles. The minimum atomic E-state index is -2.25. The monoisotopic (exact) mass is 126 g/mol. The average molecular weight is 126 g/mol. The highest BCUT2D eigenvalue weighted by Crippen LogP contribution is 2.40. The van der Waals surface area contributed by atoms with Crippen LogP contribution in [0.15, 0.2) is 0 Å². The van der Waals surface area contributed by atoms with Crippen LogP contribution in [-0.4, -0.2) is 12.2 Å². The van der Waals surface area contributed by atoms with Crippen LogP contribution in [0.2, 0.25) is 0 Å². The molecule has 0 nitrogen and oxygen atoms in total. The molecular weight excluding hydrogens is 118 g/mol. The highest BCUT2D eigenvalue weighted by molar-refractivity contribution is 7.79. The Kier molecular flexibility index (Phi) is 2.58. The molecule has 0 aromatic carbocycles. The van der Waals surface area contributed by atoms with E-state index in [4.69, 9.17) is 0 Å². The first-order valence-electron chi connectivity index (χ1n) is 2.03. The molecule has 0 spiro atoms. The third-order valence-electron chi connectivity index (χ3n) is 0.628. The van der Waals surface area contributed by atoms with E-state index in [1.165, 1.54) is 0 Å². The number of hydrogen-bond acceptors (Lipinski definition) is 1. The van der Waals surface area contributed by atoms with Crippen molar-refractivity contribution in [3.8, 4) is 0 Å². The molecule has 1 aliphatic carbocycles. The molecule has 0 saturated heterocycles. The van der Waals surface area contributed by atoms with Crippen molar-refractivity contribution in [2.75, 3.05) is 6.26 Å². The Hall–Kier alpha value is 0.210. The van der Waals surface area contributed by atoms with E-state index in [1.54, 1.807) is 6.26 Å². The van der Waals surface area contributed by atoms with Gasteiger partial charge in [0, 0.05) is 12.8 Å². The quantitative estimate of drug-likeness (QED) is 0.471. The van der Waals surface area contributed by atoms with Gasteiger partial charge >= 0.3 is 0 Å². The van der Waals surface area contributed by atoms with Crippen LogP contribution < -0.4 is 0 Å². The minimum absolute atomic E-state index is 0.118. The molecule has 3 heteroatoms. The summed E-state index contributed by atoms with van der Waals surface area (Å²) in [6, 6.07) is 0. The predicted molar refractivity (Wildman–Crippen MR) is 29.1 cm³/mol. The summed E-state index contributed by atoms with van der Waals surface area (Å²) in [4.78, 5) is 0. The topological polar surface area (TPSA) is 0 Å². The Morgan fingerprint density at radius 1 is 1.29 bits per heavy atom. The standard InChI is InChI=1S/C3H4F2.CH4S/c4-3(5)1-2-3;1-2/h1-2H2;2H,1H3. The van der Waals surface area contributed by atoms with Crippen LogP contribution in [0, 0.1) is 0 Å². The molecule has 0 unspecified atom stereocenters. The summed E-state index contributed by atoms with van der Waals surface area (Å²) in [5.41, 5.74) is 0. The molecule has 0 aliphatic heterocycles. The van der Waals surface area contributed by atoms with Crippen molar-refractivity contribution in [3.63, 3.8) is 0 Å². The van der Waals surface area contributed by atoms with E-state index in [-0.39, 0.29) is 12.8 Å². The lowest BCUT2D eigenvalue weighted by Crippen LogP contribution is -1.79. The Morgan fingerprint density at radius 3 is 1.43 bits per heavy atom. The van der Waals surface area contributed by atoms with E-state index in [0.717, 1.165) is 0 Å². The van der Waals surface area contributed by atoms with E-state index < -0.39 is 5.92 Å². The zero-order valence-corrected chi connectivity index (χ0v) is 5.01. The molecule has 0 aromatic heterocycles. The molecule has 0 amide bonds. The van der Waals surface area contributed by atoms with Crippen molar-refractivity contribution in [1.82, 2.24) is 0 Å². The molecule has 44 valence electrons.